The van der Waals surface area contributed by atoms with Crippen LogP contribution in [0.15, 0.2) is 0 Å². The molecular formula is C68H116N26O23. The number of rotatable bonds is 67. The third-order valence-electron chi connectivity index (χ3n) is 17.1. The predicted octanol–water partition coefficient (Wildman–Crippen LogP) is -13.6. The Bertz CT molecular complexity index is 3380. The van der Waals surface area contributed by atoms with Gasteiger partial charge in [-0.25, -0.2) is 0 Å². The van der Waals surface area contributed by atoms with Crippen LogP contribution in [0.5, 0.6) is 0 Å². The number of guanidine groups is 1. The zero-order valence-corrected chi connectivity index (χ0v) is 66.7. The molecule has 20 atom stereocenters. The summed E-state index contributed by atoms with van der Waals surface area (Å²) in [6, 6.07) is -11.2. The number of primary amides is 3. The van der Waals surface area contributed by atoms with Crippen molar-refractivity contribution < 1.29 is 110 Å². The van der Waals surface area contributed by atoms with Gasteiger partial charge in [0.1, 0.15) is 62.9 Å². The van der Waals surface area contributed by atoms with Gasteiger partial charge in [-0.3, -0.25) is 121 Å². The van der Waals surface area contributed by atoms with Crippen LogP contribution in [-0.2, 0) is 110 Å². The summed E-state index contributed by atoms with van der Waals surface area (Å²) >= 11 is 0. The van der Waals surface area contributed by atoms with Crippen LogP contribution >= 0.6 is 0 Å². The van der Waals surface area contributed by atoms with Crippen LogP contribution in [-0.4, -0.2) is 275 Å². The Morgan fingerprint density at radius 3 is 0.940 bits per heavy atom. The van der Waals surface area contributed by atoms with Crippen molar-refractivity contribution in [1.82, 2.24) is 112 Å². The van der Waals surface area contributed by atoms with E-state index in [0.29, 0.717) is 44.3 Å². The summed E-state index contributed by atoms with van der Waals surface area (Å²) in [5.74, 6) is -19.6. The van der Waals surface area contributed by atoms with Crippen molar-refractivity contribution in [3.63, 3.8) is 0 Å². The topological polar surface area (TPSA) is 773 Å². The Hall–Kier alpha value is -11.3. The second kappa shape index (κ2) is 57.7. The van der Waals surface area contributed by atoms with Crippen molar-refractivity contribution in [1.29, 1.82) is 5.41 Å². The Kier molecular flexibility index (Phi) is 52.1. The van der Waals surface area contributed by atoms with Crippen LogP contribution in [0.1, 0.15) is 127 Å². The fourth-order valence-electron chi connectivity index (χ4n) is 10.2. The first-order chi connectivity index (χ1) is 55.2. The number of amides is 13. The lowest BCUT2D eigenvalue weighted by molar-refractivity contribution is -0.138. The average molecular weight is 1670 g/mol. The van der Waals surface area contributed by atoms with Crippen molar-refractivity contribution in [2.75, 3.05) is 19.6 Å². The maximum atomic E-state index is 15.1. The molecule has 0 spiro atoms. The number of carbonyl (C=O) groups is 23. The zero-order chi connectivity index (χ0) is 89.2. The Labute approximate surface area is 673 Å². The van der Waals surface area contributed by atoms with Gasteiger partial charge >= 0.3 is 0 Å². The number of nitrogens with two attached hydrogens (primary N) is 4. The normalized spacial score (nSPS) is 16.3. The molecule has 656 valence electrons. The number of aldehydes is 10. The van der Waals surface area contributed by atoms with E-state index >= 15 is 9.59 Å². The molecule has 0 aromatic rings. The lowest BCUT2D eigenvalue weighted by Crippen LogP contribution is -2.70. The van der Waals surface area contributed by atoms with E-state index in [2.05, 4.69) is 112 Å². The van der Waals surface area contributed by atoms with E-state index in [4.69, 9.17) is 28.3 Å². The highest BCUT2D eigenvalue weighted by Crippen LogP contribution is 2.11. The largest absolute Gasteiger partial charge is 0.370 e. The van der Waals surface area contributed by atoms with Crippen molar-refractivity contribution >= 4 is 146 Å². The SMILES string of the molecule is CC[C@@H](C)[C@H](C=O)N[C@H](NC(=O)[C@@H](NC(=O)[C@@H](NC(=O)[C@@H](NC(=O)[C@@H](NC(=O)[C@@H](NC(=O)[C@H](NCC=O)NC(=O)[C@@H](NC(=O)[C@@H](NC(=O)[C@H](NCC=O)NC(C)=O)N[C@@H](C=O)CCC(N)=O)N[C@@H](C=O)C(C)C)N[C@@H](C=O)CCCNC(=N)N)N[C@@H](C=O)CCC(N)=O)N[C@@H](C=O)CC(C)C)N[C@@H](C)C=O)N[C@@H](C=O)[C@H](C)CC)C(N)=O. The van der Waals surface area contributed by atoms with Gasteiger partial charge in [-0.1, -0.05) is 68.2 Å². The number of hydrogen-bond acceptors (Lipinski definition) is 34. The molecule has 0 radical (unpaired) electrons. The molecule has 0 fully saturated rings. The first-order valence-electron chi connectivity index (χ1n) is 37.2. The molecular weight excluding hydrogens is 1550 g/mol. The van der Waals surface area contributed by atoms with Gasteiger partial charge in [-0.15, -0.1) is 0 Å². The monoisotopic (exact) mass is 1660 g/mol. The van der Waals surface area contributed by atoms with Gasteiger partial charge < -0.3 is 129 Å². The van der Waals surface area contributed by atoms with Crippen LogP contribution in [0.3, 0.4) is 0 Å². The van der Waals surface area contributed by atoms with Crippen molar-refractivity contribution in [3.05, 3.63) is 0 Å². The van der Waals surface area contributed by atoms with Crippen molar-refractivity contribution in [3.8, 4) is 0 Å². The molecule has 0 aliphatic heterocycles. The van der Waals surface area contributed by atoms with E-state index in [1.165, 1.54) is 20.8 Å². The lowest BCUT2D eigenvalue weighted by atomic mass is 10.00. The minimum Gasteiger partial charge on any atom is -0.370 e. The molecule has 0 heterocycles. The maximum Gasteiger partial charge on any atom is 0.259 e. The molecule has 0 unspecified atom stereocenters. The number of nitrogens with one attached hydrogen (secondary N) is 22. The van der Waals surface area contributed by atoms with Crippen LogP contribution in [0.4, 0.5) is 0 Å². The summed E-state index contributed by atoms with van der Waals surface area (Å²) in [7, 11) is 0. The molecule has 0 saturated carbocycles. The molecule has 49 heteroatoms. The van der Waals surface area contributed by atoms with Gasteiger partial charge in [0, 0.05) is 26.3 Å². The quantitative estimate of drug-likeness (QED) is 0.00884. The molecule has 0 bridgehead atoms. The smallest absolute Gasteiger partial charge is 0.259 e. The standard InChI is InChI=1S/C68H116N26O23/c1-11-35(7)44(31-103)84-49(48(71)108)86-66(116)58(85-45(32-104)36(8)12-2)94-61(111)52(77-37(9)25-97)88-65(115)56(82-42(29-101)24-33(3)4)92-63(113)55(81-41(28-100)16-18-47(70)107)91-62(112)53(79-39(26-98)14-13-19-76-68(72)73)90-60(110)51(75-21-23-96)87-67(117)57(83-43(30-102)34(5)6)93-64(114)54(80-40(27-99)15-17-46(69)106)89-59(109)50(74-20-22-95)78-38(10)105/h22-23,25-37,39-45,49-58,74-75,77,79-85H,11-21,24H2,1-10H3,(H2,69,106)(H2,70,107)(H2,71,108)(H,78,105)(H,86,116)(H,87,117)(H,88,115)(H,89,109)(H,90,110)(H,91,112)(H,92,113)(H,93,114)(H,94,111)(H4,72,73,76)/t35-,36-,37+,39-,40-,41-,42-,43+,44+,45+,49-,50-,51-,52-,53-,54-,55-,56-,57-,58-/m1/s1. The fraction of sp³-hybridized carbons (Fsp3) is 0.647. The van der Waals surface area contributed by atoms with Crippen LogP contribution in [0.2, 0.25) is 0 Å². The molecule has 0 aromatic carbocycles. The fourth-order valence-corrected chi connectivity index (χ4v) is 10.2. The van der Waals surface area contributed by atoms with E-state index in [1.54, 1.807) is 41.5 Å². The highest BCUT2D eigenvalue weighted by atomic mass is 16.2. The summed E-state index contributed by atoms with van der Waals surface area (Å²) in [5, 5.41) is 57.2. The molecule has 0 aromatic heterocycles. The summed E-state index contributed by atoms with van der Waals surface area (Å²) in [5.41, 5.74) is 21.7. The second-order valence-corrected chi connectivity index (χ2v) is 27.5. The average Bonchev–Trinajstić information content (AvgIpc) is 0.841. The Morgan fingerprint density at radius 1 is 0.350 bits per heavy atom. The molecule has 49 nitrogen and oxygen atoms in total. The minimum absolute atomic E-state index is 0.0376. The van der Waals surface area contributed by atoms with Crippen molar-refractivity contribution in [2.45, 2.75) is 237 Å². The second-order valence-electron chi connectivity index (χ2n) is 27.5. The molecule has 0 aliphatic rings. The predicted molar refractivity (Wildman–Crippen MR) is 411 cm³/mol. The molecule has 30 N–H and O–H groups in total. The van der Waals surface area contributed by atoms with Gasteiger partial charge in [0.05, 0.1) is 61.4 Å². The van der Waals surface area contributed by atoms with E-state index in [1.807, 2.05) is 0 Å². The van der Waals surface area contributed by atoms with Gasteiger partial charge in [0.2, 0.25) is 17.7 Å². The lowest BCUT2D eigenvalue weighted by Gasteiger charge is -2.32. The molecule has 0 saturated heterocycles. The first-order valence-corrected chi connectivity index (χ1v) is 37.2. The third-order valence-corrected chi connectivity index (χ3v) is 17.1. The van der Waals surface area contributed by atoms with Crippen LogP contribution < -0.4 is 135 Å². The molecule has 13 amide bonds. The summed E-state index contributed by atoms with van der Waals surface area (Å²) < 4.78 is 0. The van der Waals surface area contributed by atoms with E-state index in [0.717, 1.165) is 6.92 Å². The zero-order valence-electron chi connectivity index (χ0n) is 66.7. The van der Waals surface area contributed by atoms with E-state index in [-0.39, 0.29) is 63.2 Å². The van der Waals surface area contributed by atoms with Crippen LogP contribution in [0.25, 0.3) is 0 Å². The molecule has 117 heavy (non-hydrogen) atoms. The van der Waals surface area contributed by atoms with E-state index < -0.39 is 249 Å². The summed E-state index contributed by atoms with van der Waals surface area (Å²) in [6.45, 7) is 13.6. The summed E-state index contributed by atoms with van der Waals surface area (Å²) in [6.07, 6.45) is -20.6. The Morgan fingerprint density at radius 2 is 0.650 bits per heavy atom. The van der Waals surface area contributed by atoms with Crippen molar-refractivity contribution in [2.24, 2.45) is 46.6 Å². The molecule has 0 aliphatic carbocycles. The van der Waals surface area contributed by atoms with Gasteiger partial charge in [-0.05, 0) is 62.7 Å². The van der Waals surface area contributed by atoms with Crippen LogP contribution in [0, 0.1) is 29.1 Å². The Balaban J connectivity index is 8.61. The first kappa shape index (κ1) is 106. The minimum atomic E-state index is -2.42. The van der Waals surface area contributed by atoms with Gasteiger partial charge in [-0.2, -0.15) is 0 Å². The van der Waals surface area contributed by atoms with Gasteiger partial charge in [0.25, 0.3) is 59.1 Å². The van der Waals surface area contributed by atoms with E-state index in [9.17, 15) is 101 Å². The third kappa shape index (κ3) is 42.2. The highest BCUT2D eigenvalue weighted by molar-refractivity contribution is 5.99. The summed E-state index contributed by atoms with van der Waals surface area (Å²) in [4.78, 5) is 304. The van der Waals surface area contributed by atoms with Gasteiger partial charge in [0.15, 0.2) is 67.6 Å². The highest BCUT2D eigenvalue weighted by Gasteiger charge is 2.40. The maximum absolute atomic E-state index is 15.1. The number of carbonyl (C=O) groups excluding carboxylic acids is 23. The number of hydrogen-bond donors (Lipinski definition) is 26. The molecule has 0 rings (SSSR count).